The van der Waals surface area contributed by atoms with Crippen LogP contribution in [0.5, 0.6) is 0 Å². The van der Waals surface area contributed by atoms with Gasteiger partial charge >= 0.3 is 0 Å². The number of nitrogens with two attached hydrogens (primary N) is 1. The summed E-state index contributed by atoms with van der Waals surface area (Å²) in [5.41, 5.74) is 7.26. The zero-order chi connectivity index (χ0) is 14.8. The molecule has 1 fully saturated rings. The van der Waals surface area contributed by atoms with E-state index in [9.17, 15) is 13.5 Å². The third-order valence-electron chi connectivity index (χ3n) is 3.79. The lowest BCUT2D eigenvalue weighted by Gasteiger charge is -2.33. The second-order valence-electron chi connectivity index (χ2n) is 5.47. The van der Waals surface area contributed by atoms with Gasteiger partial charge in [0, 0.05) is 19.6 Å². The average molecular weight is 298 g/mol. The van der Waals surface area contributed by atoms with Gasteiger partial charge in [-0.15, -0.1) is 0 Å². The van der Waals surface area contributed by atoms with Gasteiger partial charge in [0.05, 0.1) is 11.9 Å². The Hall–Kier alpha value is -0.950. The van der Waals surface area contributed by atoms with Crippen molar-refractivity contribution in [1.82, 2.24) is 4.31 Å². The molecule has 3 N–H and O–H groups in total. The molecule has 0 radical (unpaired) electrons. The summed E-state index contributed by atoms with van der Waals surface area (Å²) in [6.45, 7) is 3.06. The normalized spacial score (nSPS) is 24.8. The summed E-state index contributed by atoms with van der Waals surface area (Å²) < 4.78 is 26.3. The van der Waals surface area contributed by atoms with E-state index in [1.807, 2.05) is 25.1 Å². The predicted molar refractivity (Wildman–Crippen MR) is 78.3 cm³/mol. The van der Waals surface area contributed by atoms with Crippen LogP contribution in [-0.2, 0) is 22.3 Å². The van der Waals surface area contributed by atoms with E-state index in [4.69, 9.17) is 5.73 Å². The molecule has 1 aromatic carbocycles. The lowest BCUT2D eigenvalue weighted by molar-refractivity contribution is 0.0628. The predicted octanol–water partition coefficient (Wildman–Crippen LogP) is 0.678. The first-order valence-electron chi connectivity index (χ1n) is 6.86. The lowest BCUT2D eigenvalue weighted by Crippen LogP contribution is -2.45. The number of hydrogen-bond acceptors (Lipinski definition) is 4. The zero-order valence-corrected chi connectivity index (χ0v) is 12.5. The molecule has 20 heavy (non-hydrogen) atoms. The number of sulfonamides is 1. The molecule has 0 bridgehead atoms. The van der Waals surface area contributed by atoms with Gasteiger partial charge in [-0.25, -0.2) is 12.7 Å². The smallest absolute Gasteiger partial charge is 0.218 e. The van der Waals surface area contributed by atoms with Gasteiger partial charge in [-0.1, -0.05) is 31.2 Å². The first-order valence-corrected chi connectivity index (χ1v) is 8.47. The van der Waals surface area contributed by atoms with Crippen LogP contribution in [0.15, 0.2) is 24.3 Å². The summed E-state index contributed by atoms with van der Waals surface area (Å²) in [5.74, 6) is -0.0298. The summed E-state index contributed by atoms with van der Waals surface area (Å²) in [7, 11) is -3.34. The highest BCUT2D eigenvalue weighted by atomic mass is 32.2. The molecular formula is C14H22N2O3S. The molecule has 0 aromatic heterocycles. The van der Waals surface area contributed by atoms with Crippen molar-refractivity contribution in [2.75, 3.05) is 13.1 Å². The van der Waals surface area contributed by atoms with Crippen LogP contribution in [0.1, 0.15) is 24.5 Å². The van der Waals surface area contributed by atoms with E-state index in [2.05, 4.69) is 0 Å². The van der Waals surface area contributed by atoms with Crippen LogP contribution in [-0.4, -0.2) is 37.0 Å². The average Bonchev–Trinajstić information content (AvgIpc) is 2.41. The summed E-state index contributed by atoms with van der Waals surface area (Å²) in [4.78, 5) is 0. The molecule has 112 valence electrons. The van der Waals surface area contributed by atoms with Crippen LogP contribution < -0.4 is 5.73 Å². The summed E-state index contributed by atoms with van der Waals surface area (Å²) in [6.07, 6.45) is 0.102. The lowest BCUT2D eigenvalue weighted by atomic mass is 9.99. The number of hydrogen-bond donors (Lipinski definition) is 2. The van der Waals surface area contributed by atoms with Gasteiger partial charge in [-0.3, -0.25) is 0 Å². The monoisotopic (exact) mass is 298 g/mol. The molecule has 2 atom stereocenters. The summed E-state index contributed by atoms with van der Waals surface area (Å²) >= 11 is 0. The van der Waals surface area contributed by atoms with Crippen molar-refractivity contribution >= 4 is 10.0 Å². The fourth-order valence-corrected chi connectivity index (χ4v) is 4.13. The molecule has 1 heterocycles. The van der Waals surface area contributed by atoms with E-state index in [-0.39, 0.29) is 11.7 Å². The Bertz CT molecular complexity index is 559. The molecule has 6 heteroatoms. The topological polar surface area (TPSA) is 83.6 Å². The molecule has 2 rings (SSSR count). The zero-order valence-electron chi connectivity index (χ0n) is 11.7. The van der Waals surface area contributed by atoms with Crippen LogP contribution in [0.3, 0.4) is 0 Å². The molecule has 0 spiro atoms. The van der Waals surface area contributed by atoms with E-state index < -0.39 is 16.1 Å². The number of rotatable bonds is 4. The fourth-order valence-electron chi connectivity index (χ4n) is 2.50. The van der Waals surface area contributed by atoms with E-state index >= 15 is 0 Å². The van der Waals surface area contributed by atoms with Gasteiger partial charge < -0.3 is 10.8 Å². The molecule has 0 saturated carbocycles. The fraction of sp³-hybridized carbons (Fsp3) is 0.571. The third kappa shape index (κ3) is 3.58. The van der Waals surface area contributed by atoms with Crippen molar-refractivity contribution in [3.8, 4) is 0 Å². The van der Waals surface area contributed by atoms with Crippen molar-refractivity contribution in [2.24, 2.45) is 11.7 Å². The van der Waals surface area contributed by atoms with Crippen LogP contribution in [0.25, 0.3) is 0 Å². The van der Waals surface area contributed by atoms with Crippen LogP contribution >= 0.6 is 0 Å². The molecule has 1 aromatic rings. The minimum atomic E-state index is -3.34. The van der Waals surface area contributed by atoms with Gasteiger partial charge in [0.2, 0.25) is 10.0 Å². The van der Waals surface area contributed by atoms with Crippen molar-refractivity contribution < 1.29 is 13.5 Å². The van der Waals surface area contributed by atoms with Crippen LogP contribution in [0.4, 0.5) is 0 Å². The molecule has 1 aliphatic heterocycles. The van der Waals surface area contributed by atoms with Crippen LogP contribution in [0, 0.1) is 5.92 Å². The van der Waals surface area contributed by atoms with Gasteiger partial charge in [0.15, 0.2) is 0 Å². The highest BCUT2D eigenvalue weighted by molar-refractivity contribution is 7.88. The maximum absolute atomic E-state index is 12.4. The summed E-state index contributed by atoms with van der Waals surface area (Å²) in [6, 6.07) is 7.35. The number of benzene rings is 1. The highest BCUT2D eigenvalue weighted by Crippen LogP contribution is 2.21. The molecule has 1 saturated heterocycles. The molecule has 0 aliphatic carbocycles. The third-order valence-corrected chi connectivity index (χ3v) is 5.61. The largest absolute Gasteiger partial charge is 0.393 e. The quantitative estimate of drug-likeness (QED) is 0.856. The van der Waals surface area contributed by atoms with Crippen molar-refractivity contribution in [1.29, 1.82) is 0 Å². The van der Waals surface area contributed by atoms with Crippen molar-refractivity contribution in [3.05, 3.63) is 35.4 Å². The minimum Gasteiger partial charge on any atom is -0.393 e. The Kier molecular flexibility index (Phi) is 4.80. The first-order chi connectivity index (χ1) is 9.42. The van der Waals surface area contributed by atoms with Gasteiger partial charge in [-0.2, -0.15) is 0 Å². The van der Waals surface area contributed by atoms with Gasteiger partial charge in [0.25, 0.3) is 0 Å². The summed E-state index contributed by atoms with van der Waals surface area (Å²) in [5, 5.41) is 9.68. The molecule has 1 aliphatic rings. The number of aliphatic hydroxyl groups excluding tert-OH is 1. The Morgan fingerprint density at radius 2 is 2.10 bits per heavy atom. The minimum absolute atomic E-state index is 0.0103. The number of nitrogens with zero attached hydrogens (tertiary/aromatic N) is 1. The van der Waals surface area contributed by atoms with Crippen molar-refractivity contribution in [3.63, 3.8) is 0 Å². The molecular weight excluding hydrogens is 276 g/mol. The van der Waals surface area contributed by atoms with Gasteiger partial charge in [0.1, 0.15) is 0 Å². The second kappa shape index (κ2) is 6.22. The molecule has 5 nitrogen and oxygen atoms in total. The highest BCUT2D eigenvalue weighted by Gasteiger charge is 2.31. The number of aliphatic hydroxyl groups is 1. The van der Waals surface area contributed by atoms with E-state index in [1.165, 1.54) is 4.31 Å². The first kappa shape index (κ1) is 15.4. The SMILES string of the molecule is CC1CN(S(=O)(=O)Cc2cccc(CN)c2)CCC1O. The molecule has 0 amide bonds. The Morgan fingerprint density at radius 3 is 2.75 bits per heavy atom. The Morgan fingerprint density at radius 1 is 1.40 bits per heavy atom. The van der Waals surface area contributed by atoms with Crippen LogP contribution in [0.2, 0.25) is 0 Å². The maximum atomic E-state index is 12.4. The van der Waals surface area contributed by atoms with Gasteiger partial charge in [-0.05, 0) is 23.5 Å². The molecule has 2 unspecified atom stereocenters. The second-order valence-corrected chi connectivity index (χ2v) is 7.44. The standard InChI is InChI=1S/C14H22N2O3S/c1-11-9-16(6-5-14(11)17)20(18,19)10-13-4-2-3-12(7-13)8-15/h2-4,7,11,14,17H,5-6,8-10,15H2,1H3. The van der Waals surface area contributed by atoms with E-state index in [0.29, 0.717) is 26.1 Å². The van der Waals surface area contributed by atoms with Crippen molar-refractivity contribution in [2.45, 2.75) is 31.7 Å². The van der Waals surface area contributed by atoms with E-state index in [0.717, 1.165) is 11.1 Å². The Labute approximate surface area is 120 Å². The Balaban J connectivity index is 2.10. The number of piperidine rings is 1. The maximum Gasteiger partial charge on any atom is 0.218 e. The van der Waals surface area contributed by atoms with E-state index in [1.54, 1.807) is 6.07 Å².